The van der Waals surface area contributed by atoms with E-state index in [1.807, 2.05) is 29.2 Å². The van der Waals surface area contributed by atoms with Crippen molar-refractivity contribution < 1.29 is 19.1 Å². The molecule has 0 atom stereocenters. The number of amides is 2. The largest absolute Gasteiger partial charge is 0.493 e. The minimum Gasteiger partial charge on any atom is -0.493 e. The molecule has 4 rings (SSSR count). The first-order valence-corrected chi connectivity index (χ1v) is 10.7. The lowest BCUT2D eigenvalue weighted by Gasteiger charge is -2.23. The van der Waals surface area contributed by atoms with E-state index in [0.717, 1.165) is 31.2 Å². The van der Waals surface area contributed by atoms with Crippen LogP contribution in [0.25, 0.3) is 0 Å². The minimum absolute atomic E-state index is 0.0324. The van der Waals surface area contributed by atoms with Gasteiger partial charge in [-0.2, -0.15) is 0 Å². The third-order valence-electron chi connectivity index (χ3n) is 5.50. The zero-order valence-corrected chi connectivity index (χ0v) is 17.8. The smallest absolute Gasteiger partial charge is 0.254 e. The van der Waals surface area contributed by atoms with Gasteiger partial charge in [-0.3, -0.25) is 9.59 Å². The van der Waals surface area contributed by atoms with Crippen LogP contribution in [0.2, 0.25) is 0 Å². The van der Waals surface area contributed by atoms with Crippen LogP contribution in [0.1, 0.15) is 52.0 Å². The second-order valence-electron chi connectivity index (χ2n) is 8.07. The summed E-state index contributed by atoms with van der Waals surface area (Å²) in [6, 6.07) is 13.3. The van der Waals surface area contributed by atoms with Gasteiger partial charge in [0, 0.05) is 29.8 Å². The molecule has 2 aliphatic rings. The average molecular weight is 421 g/mol. The molecule has 1 N–H and O–H groups in total. The van der Waals surface area contributed by atoms with Crippen LogP contribution in [-0.2, 0) is 6.54 Å². The fourth-order valence-electron chi connectivity index (χ4n) is 3.44. The number of nitrogens with zero attached hydrogens (tertiary/aromatic N) is 1. The number of benzene rings is 2. The van der Waals surface area contributed by atoms with Crippen molar-refractivity contribution in [3.8, 4) is 11.5 Å². The van der Waals surface area contributed by atoms with Gasteiger partial charge in [-0.25, -0.2) is 0 Å². The second kappa shape index (κ2) is 9.25. The van der Waals surface area contributed by atoms with Crippen molar-refractivity contribution in [1.29, 1.82) is 0 Å². The van der Waals surface area contributed by atoms with E-state index >= 15 is 0 Å². The summed E-state index contributed by atoms with van der Waals surface area (Å²) in [4.78, 5) is 27.4. The Balaban J connectivity index is 1.46. The van der Waals surface area contributed by atoms with E-state index < -0.39 is 0 Å². The molecule has 0 heterocycles. The molecule has 0 aromatic heterocycles. The highest BCUT2D eigenvalue weighted by Crippen LogP contribution is 2.33. The summed E-state index contributed by atoms with van der Waals surface area (Å²) in [6.07, 6.45) is 5.80. The van der Waals surface area contributed by atoms with Gasteiger partial charge in [0.2, 0.25) is 0 Å². The minimum atomic E-state index is -0.0355. The summed E-state index contributed by atoms with van der Waals surface area (Å²) in [6.45, 7) is 4.52. The van der Waals surface area contributed by atoms with Gasteiger partial charge in [0.1, 0.15) is 6.61 Å². The zero-order valence-electron chi connectivity index (χ0n) is 17.8. The quantitative estimate of drug-likeness (QED) is 0.591. The standard InChI is InChI=1S/C25H28N2O4/c1-3-14-31-22-13-8-19(15-23(22)30-2)25(29)27(21-11-12-21)16-17-4-6-18(7-5-17)24(28)26-20-9-10-20/h3-8,13,15,20-21H,1,9-12,14,16H2,2H3,(H,26,28). The predicted octanol–water partition coefficient (Wildman–Crippen LogP) is 3.96. The number of hydrogen-bond acceptors (Lipinski definition) is 4. The van der Waals surface area contributed by atoms with Crippen LogP contribution in [0.15, 0.2) is 55.1 Å². The fraction of sp³-hybridized carbons (Fsp3) is 0.360. The van der Waals surface area contributed by atoms with E-state index in [2.05, 4.69) is 11.9 Å². The summed E-state index contributed by atoms with van der Waals surface area (Å²) >= 11 is 0. The molecule has 2 aromatic rings. The molecule has 2 aromatic carbocycles. The van der Waals surface area contributed by atoms with Gasteiger partial charge in [0.25, 0.3) is 11.8 Å². The first-order chi connectivity index (χ1) is 15.1. The average Bonchev–Trinajstić information content (AvgIpc) is 3.71. The molecule has 0 bridgehead atoms. The molecule has 2 saturated carbocycles. The van der Waals surface area contributed by atoms with Crippen molar-refractivity contribution in [1.82, 2.24) is 10.2 Å². The van der Waals surface area contributed by atoms with Gasteiger partial charge in [0.15, 0.2) is 11.5 Å². The molecule has 6 nitrogen and oxygen atoms in total. The van der Waals surface area contributed by atoms with Gasteiger partial charge in [-0.1, -0.05) is 24.8 Å². The molecule has 0 aliphatic heterocycles. The van der Waals surface area contributed by atoms with Crippen LogP contribution in [0.5, 0.6) is 11.5 Å². The number of carbonyl (C=O) groups excluding carboxylic acids is 2. The van der Waals surface area contributed by atoms with Crippen LogP contribution in [0.4, 0.5) is 0 Å². The van der Waals surface area contributed by atoms with Crippen LogP contribution < -0.4 is 14.8 Å². The maximum absolute atomic E-state index is 13.3. The first kappa shape index (κ1) is 21.0. The lowest BCUT2D eigenvalue weighted by molar-refractivity contribution is 0.0729. The SMILES string of the molecule is C=CCOc1ccc(C(=O)N(Cc2ccc(C(=O)NC3CC3)cc2)C2CC2)cc1OC. The molecule has 0 radical (unpaired) electrons. The molecule has 0 unspecified atom stereocenters. The van der Waals surface area contributed by atoms with Crippen molar-refractivity contribution in [2.75, 3.05) is 13.7 Å². The number of rotatable bonds is 10. The number of ether oxygens (including phenoxy) is 2. The maximum atomic E-state index is 13.3. The van der Waals surface area contributed by atoms with Crippen molar-refractivity contribution in [3.05, 3.63) is 71.8 Å². The highest BCUT2D eigenvalue weighted by molar-refractivity contribution is 5.96. The van der Waals surface area contributed by atoms with Crippen molar-refractivity contribution in [3.63, 3.8) is 0 Å². The van der Waals surface area contributed by atoms with Gasteiger partial charge in [0.05, 0.1) is 7.11 Å². The van der Waals surface area contributed by atoms with Crippen LogP contribution in [0.3, 0.4) is 0 Å². The van der Waals surface area contributed by atoms with E-state index in [1.165, 1.54) is 0 Å². The number of hydrogen-bond donors (Lipinski definition) is 1. The molecule has 2 fully saturated rings. The third kappa shape index (κ3) is 5.26. The number of methoxy groups -OCH3 is 1. The van der Waals surface area contributed by atoms with E-state index in [1.54, 1.807) is 31.4 Å². The van der Waals surface area contributed by atoms with E-state index in [9.17, 15) is 9.59 Å². The van der Waals surface area contributed by atoms with Gasteiger partial charge in [-0.15, -0.1) is 0 Å². The normalized spacial score (nSPS) is 15.1. The fourth-order valence-corrected chi connectivity index (χ4v) is 3.44. The summed E-state index contributed by atoms with van der Waals surface area (Å²) in [5, 5.41) is 3.00. The van der Waals surface area contributed by atoms with Crippen LogP contribution in [-0.4, -0.2) is 42.5 Å². The Kier molecular flexibility index (Phi) is 6.26. The summed E-state index contributed by atoms with van der Waals surface area (Å²) in [5.41, 5.74) is 2.22. The molecule has 162 valence electrons. The Bertz CT molecular complexity index is 962. The van der Waals surface area contributed by atoms with Crippen LogP contribution in [0, 0.1) is 0 Å². The molecule has 2 aliphatic carbocycles. The molecule has 6 heteroatoms. The van der Waals surface area contributed by atoms with Gasteiger partial charge >= 0.3 is 0 Å². The Labute approximate surface area is 182 Å². The number of carbonyl (C=O) groups is 2. The second-order valence-corrected chi connectivity index (χ2v) is 8.07. The summed E-state index contributed by atoms with van der Waals surface area (Å²) < 4.78 is 11.0. The van der Waals surface area contributed by atoms with E-state index in [-0.39, 0.29) is 17.9 Å². The number of nitrogens with one attached hydrogen (secondary N) is 1. The Morgan fingerprint density at radius 3 is 2.39 bits per heavy atom. The Hall–Kier alpha value is -3.28. The lowest BCUT2D eigenvalue weighted by atomic mass is 10.1. The Morgan fingerprint density at radius 1 is 1.06 bits per heavy atom. The van der Waals surface area contributed by atoms with Crippen molar-refractivity contribution in [2.45, 2.75) is 44.3 Å². The third-order valence-corrected chi connectivity index (χ3v) is 5.50. The lowest BCUT2D eigenvalue weighted by Crippen LogP contribution is -2.32. The molecule has 31 heavy (non-hydrogen) atoms. The highest BCUT2D eigenvalue weighted by atomic mass is 16.5. The molecule has 0 spiro atoms. The summed E-state index contributed by atoms with van der Waals surface area (Å²) in [7, 11) is 1.56. The van der Waals surface area contributed by atoms with E-state index in [0.29, 0.717) is 41.8 Å². The van der Waals surface area contributed by atoms with E-state index in [4.69, 9.17) is 9.47 Å². The van der Waals surface area contributed by atoms with Gasteiger partial charge in [-0.05, 0) is 61.6 Å². The first-order valence-electron chi connectivity index (χ1n) is 10.7. The summed E-state index contributed by atoms with van der Waals surface area (Å²) in [5.74, 6) is 1.04. The zero-order chi connectivity index (χ0) is 21.8. The van der Waals surface area contributed by atoms with Crippen molar-refractivity contribution >= 4 is 11.8 Å². The predicted molar refractivity (Wildman–Crippen MR) is 119 cm³/mol. The highest BCUT2D eigenvalue weighted by Gasteiger charge is 2.33. The molecule has 2 amide bonds. The molecular formula is C25H28N2O4. The topological polar surface area (TPSA) is 67.9 Å². The molecular weight excluding hydrogens is 392 g/mol. The van der Waals surface area contributed by atoms with Gasteiger partial charge < -0.3 is 19.7 Å². The van der Waals surface area contributed by atoms with Crippen molar-refractivity contribution in [2.24, 2.45) is 0 Å². The monoisotopic (exact) mass is 420 g/mol. The molecule has 0 saturated heterocycles. The maximum Gasteiger partial charge on any atom is 0.254 e. The Morgan fingerprint density at radius 2 is 1.77 bits per heavy atom. The van der Waals surface area contributed by atoms with Crippen LogP contribution >= 0.6 is 0 Å².